The number of hydrogen-bond acceptors (Lipinski definition) is 3. The highest BCUT2D eigenvalue weighted by atomic mass is 19.1. The van der Waals surface area contributed by atoms with Gasteiger partial charge in [0.1, 0.15) is 11.5 Å². The Morgan fingerprint density at radius 3 is 2.62 bits per heavy atom. The molecule has 1 aliphatic rings. The summed E-state index contributed by atoms with van der Waals surface area (Å²) in [5.74, 6) is -0.995. The van der Waals surface area contributed by atoms with Gasteiger partial charge >= 0.3 is 0 Å². The first-order valence-corrected chi connectivity index (χ1v) is 7.57. The number of hydrogen-bond donors (Lipinski definition) is 1. The van der Waals surface area contributed by atoms with E-state index in [1.165, 1.54) is 11.1 Å². The predicted molar refractivity (Wildman–Crippen MR) is 90.4 cm³/mol. The summed E-state index contributed by atoms with van der Waals surface area (Å²) in [5, 5.41) is 8.01. The second-order valence-electron chi connectivity index (χ2n) is 5.51. The largest absolute Gasteiger partial charge is 0.321 e. The monoisotopic (exact) mass is 325 g/mol. The standard InChI is InChI=1S/C18H16FN3O2/c1-12-7-8-13(11-15(12)19)20-18(24)16-9-10-17(23)22(21-16)14-5-3-2-4-6-14/h2-8,11H,9-10H2,1H3,(H,20,24). The molecule has 0 saturated heterocycles. The third-order valence-electron chi connectivity index (χ3n) is 3.73. The summed E-state index contributed by atoms with van der Waals surface area (Å²) in [5.41, 5.74) is 1.70. The van der Waals surface area contributed by atoms with Crippen LogP contribution in [0.15, 0.2) is 53.6 Å². The van der Waals surface area contributed by atoms with Crippen LogP contribution < -0.4 is 10.3 Å². The molecule has 0 aliphatic carbocycles. The summed E-state index contributed by atoms with van der Waals surface area (Å²) in [4.78, 5) is 24.4. The van der Waals surface area contributed by atoms with Gasteiger partial charge in [0.2, 0.25) is 5.91 Å². The zero-order chi connectivity index (χ0) is 17.1. The molecule has 0 fully saturated rings. The quantitative estimate of drug-likeness (QED) is 0.941. The molecule has 1 heterocycles. The van der Waals surface area contributed by atoms with E-state index in [0.717, 1.165) is 0 Å². The Kier molecular flexibility index (Phi) is 4.37. The summed E-state index contributed by atoms with van der Waals surface area (Å²) in [6.07, 6.45) is 0.450. The Morgan fingerprint density at radius 2 is 1.92 bits per heavy atom. The SMILES string of the molecule is Cc1ccc(NC(=O)C2=NN(c3ccccc3)C(=O)CC2)cc1F. The van der Waals surface area contributed by atoms with Gasteiger partial charge in [-0.1, -0.05) is 24.3 Å². The fourth-order valence-electron chi connectivity index (χ4n) is 2.36. The molecule has 5 nitrogen and oxygen atoms in total. The normalized spacial score (nSPS) is 14.3. The van der Waals surface area contributed by atoms with Crippen LogP contribution >= 0.6 is 0 Å². The highest BCUT2D eigenvalue weighted by molar-refractivity contribution is 6.44. The lowest BCUT2D eigenvalue weighted by atomic mass is 10.1. The fourth-order valence-corrected chi connectivity index (χ4v) is 2.36. The predicted octanol–water partition coefficient (Wildman–Crippen LogP) is 3.26. The topological polar surface area (TPSA) is 61.8 Å². The minimum Gasteiger partial charge on any atom is -0.321 e. The van der Waals surface area contributed by atoms with E-state index in [2.05, 4.69) is 10.4 Å². The zero-order valence-electron chi connectivity index (χ0n) is 13.1. The van der Waals surface area contributed by atoms with E-state index in [1.54, 1.807) is 43.3 Å². The first-order chi connectivity index (χ1) is 11.5. The van der Waals surface area contributed by atoms with Gasteiger partial charge in [-0.2, -0.15) is 5.10 Å². The average Bonchev–Trinajstić information content (AvgIpc) is 2.59. The molecule has 0 unspecified atom stereocenters. The van der Waals surface area contributed by atoms with Crippen LogP contribution in [0.5, 0.6) is 0 Å². The van der Waals surface area contributed by atoms with Crippen molar-refractivity contribution in [3.8, 4) is 0 Å². The van der Waals surface area contributed by atoms with Crippen LogP contribution in [0.1, 0.15) is 18.4 Å². The first-order valence-electron chi connectivity index (χ1n) is 7.57. The number of carbonyl (C=O) groups is 2. The molecule has 1 aliphatic heterocycles. The van der Waals surface area contributed by atoms with Crippen molar-refractivity contribution in [1.29, 1.82) is 0 Å². The molecular formula is C18H16FN3O2. The van der Waals surface area contributed by atoms with Gasteiger partial charge in [-0.25, -0.2) is 9.40 Å². The molecule has 0 aromatic heterocycles. The van der Waals surface area contributed by atoms with Gasteiger partial charge in [-0.15, -0.1) is 0 Å². The van der Waals surface area contributed by atoms with E-state index in [0.29, 0.717) is 16.9 Å². The molecule has 6 heteroatoms. The summed E-state index contributed by atoms with van der Waals surface area (Å²) in [6, 6.07) is 13.4. The van der Waals surface area contributed by atoms with Crippen LogP contribution in [0, 0.1) is 12.7 Å². The van der Waals surface area contributed by atoms with E-state index in [9.17, 15) is 14.0 Å². The van der Waals surface area contributed by atoms with Crippen LogP contribution in [-0.4, -0.2) is 17.5 Å². The van der Waals surface area contributed by atoms with Crippen molar-refractivity contribution in [2.24, 2.45) is 5.10 Å². The van der Waals surface area contributed by atoms with Crippen LogP contribution in [0.4, 0.5) is 15.8 Å². The smallest absolute Gasteiger partial charge is 0.271 e. The fraction of sp³-hybridized carbons (Fsp3) is 0.167. The number of hydrazone groups is 1. The molecule has 2 aromatic carbocycles. The van der Waals surface area contributed by atoms with Crippen molar-refractivity contribution >= 4 is 28.9 Å². The number of nitrogens with one attached hydrogen (secondary N) is 1. The number of nitrogens with zero attached hydrogens (tertiary/aromatic N) is 2. The highest BCUT2D eigenvalue weighted by Gasteiger charge is 2.25. The third-order valence-corrected chi connectivity index (χ3v) is 3.73. The minimum absolute atomic E-state index is 0.167. The number of halogens is 1. The average molecular weight is 325 g/mol. The van der Waals surface area contributed by atoms with E-state index in [-0.39, 0.29) is 30.3 Å². The van der Waals surface area contributed by atoms with Crippen molar-refractivity contribution < 1.29 is 14.0 Å². The van der Waals surface area contributed by atoms with Crippen molar-refractivity contribution in [3.63, 3.8) is 0 Å². The van der Waals surface area contributed by atoms with Gasteiger partial charge in [0.25, 0.3) is 5.91 Å². The first kappa shape index (κ1) is 15.9. The Labute approximate surface area is 138 Å². The van der Waals surface area contributed by atoms with Crippen molar-refractivity contribution in [2.75, 3.05) is 10.3 Å². The lowest BCUT2D eigenvalue weighted by molar-refractivity contribution is -0.118. The Bertz CT molecular complexity index is 818. The molecule has 0 saturated carbocycles. The second kappa shape index (κ2) is 6.62. The Morgan fingerprint density at radius 1 is 1.17 bits per heavy atom. The zero-order valence-corrected chi connectivity index (χ0v) is 13.1. The van der Waals surface area contributed by atoms with Gasteiger partial charge in [-0.05, 0) is 36.8 Å². The molecule has 2 amide bonds. The summed E-state index contributed by atoms with van der Waals surface area (Å²) >= 11 is 0. The van der Waals surface area contributed by atoms with Gasteiger partial charge in [-0.3, -0.25) is 9.59 Å². The minimum atomic E-state index is -0.438. The van der Waals surface area contributed by atoms with Crippen molar-refractivity contribution in [3.05, 3.63) is 59.9 Å². The molecule has 0 spiro atoms. The van der Waals surface area contributed by atoms with Crippen LogP contribution in [-0.2, 0) is 9.59 Å². The molecule has 0 radical (unpaired) electrons. The summed E-state index contributed by atoms with van der Waals surface area (Å²) in [7, 11) is 0. The van der Waals surface area contributed by atoms with Gasteiger partial charge < -0.3 is 5.32 Å². The number of rotatable bonds is 3. The van der Waals surface area contributed by atoms with Crippen LogP contribution in [0.25, 0.3) is 0 Å². The van der Waals surface area contributed by atoms with Gasteiger partial charge in [0.15, 0.2) is 0 Å². The summed E-state index contributed by atoms with van der Waals surface area (Å²) < 4.78 is 13.6. The third kappa shape index (κ3) is 3.32. The number of para-hydroxylation sites is 1. The van der Waals surface area contributed by atoms with Crippen molar-refractivity contribution in [1.82, 2.24) is 0 Å². The number of carbonyl (C=O) groups excluding carboxylic acids is 2. The van der Waals surface area contributed by atoms with E-state index >= 15 is 0 Å². The molecule has 0 atom stereocenters. The highest BCUT2D eigenvalue weighted by Crippen LogP contribution is 2.20. The lowest BCUT2D eigenvalue weighted by Gasteiger charge is -2.23. The van der Waals surface area contributed by atoms with Crippen LogP contribution in [0.2, 0.25) is 0 Å². The van der Waals surface area contributed by atoms with E-state index in [1.807, 2.05) is 6.07 Å². The molecule has 122 valence electrons. The Hall–Kier alpha value is -3.02. The molecular weight excluding hydrogens is 309 g/mol. The summed E-state index contributed by atoms with van der Waals surface area (Å²) in [6.45, 7) is 1.65. The van der Waals surface area contributed by atoms with E-state index < -0.39 is 5.91 Å². The van der Waals surface area contributed by atoms with Gasteiger partial charge in [0.05, 0.1) is 5.69 Å². The maximum absolute atomic E-state index is 13.6. The second-order valence-corrected chi connectivity index (χ2v) is 5.51. The molecule has 24 heavy (non-hydrogen) atoms. The molecule has 1 N–H and O–H groups in total. The molecule has 2 aromatic rings. The van der Waals surface area contributed by atoms with Crippen LogP contribution in [0.3, 0.4) is 0 Å². The number of anilines is 2. The number of benzene rings is 2. The van der Waals surface area contributed by atoms with Crippen molar-refractivity contribution in [2.45, 2.75) is 19.8 Å². The van der Waals surface area contributed by atoms with E-state index in [4.69, 9.17) is 0 Å². The maximum Gasteiger partial charge on any atom is 0.271 e. The number of amides is 2. The lowest BCUT2D eigenvalue weighted by Crippen LogP contribution is -2.36. The number of aryl methyl sites for hydroxylation is 1. The maximum atomic E-state index is 13.6. The van der Waals surface area contributed by atoms with Gasteiger partial charge in [0, 0.05) is 18.5 Å². The Balaban J connectivity index is 1.81. The molecule has 0 bridgehead atoms. The molecule has 3 rings (SSSR count).